The molecule has 2 rings (SSSR count). The van der Waals surface area contributed by atoms with Crippen LogP contribution in [0.15, 0.2) is 41.3 Å². The smallest absolute Gasteiger partial charge is 0.267 e. The Bertz CT molecular complexity index is 743. The average molecular weight is 268 g/mol. The number of nitriles is 1. The summed E-state index contributed by atoms with van der Waals surface area (Å²) in [6.45, 7) is 1.59. The molecule has 1 heterocycles. The molecule has 2 aromatic rings. The highest BCUT2D eigenvalue weighted by molar-refractivity contribution is 5.90. The number of aryl methyl sites for hydroxylation is 1. The van der Waals surface area contributed by atoms with Gasteiger partial charge in [-0.05, 0) is 30.7 Å². The van der Waals surface area contributed by atoms with Gasteiger partial charge in [0, 0.05) is 11.8 Å². The number of anilines is 1. The first-order valence-electron chi connectivity index (χ1n) is 5.92. The van der Waals surface area contributed by atoms with E-state index in [9.17, 15) is 9.59 Å². The maximum atomic E-state index is 11.8. The molecule has 6 nitrogen and oxygen atoms in total. The van der Waals surface area contributed by atoms with Gasteiger partial charge in [0.1, 0.15) is 6.54 Å². The van der Waals surface area contributed by atoms with Crippen LogP contribution >= 0.6 is 0 Å². The molecule has 0 aliphatic heterocycles. The number of nitrogens with zero attached hydrogens (tertiary/aromatic N) is 3. The van der Waals surface area contributed by atoms with Crippen molar-refractivity contribution in [1.82, 2.24) is 9.78 Å². The topological polar surface area (TPSA) is 87.8 Å². The summed E-state index contributed by atoms with van der Waals surface area (Å²) in [4.78, 5) is 23.4. The lowest BCUT2D eigenvalue weighted by atomic mass is 10.2. The molecule has 0 spiro atoms. The fourth-order valence-electron chi connectivity index (χ4n) is 1.65. The van der Waals surface area contributed by atoms with Crippen LogP contribution in [-0.2, 0) is 11.3 Å². The highest BCUT2D eigenvalue weighted by Gasteiger charge is 2.06. The second kappa shape index (κ2) is 5.80. The quantitative estimate of drug-likeness (QED) is 0.901. The molecule has 0 bridgehead atoms. The van der Waals surface area contributed by atoms with Crippen molar-refractivity contribution in [2.24, 2.45) is 0 Å². The van der Waals surface area contributed by atoms with Crippen molar-refractivity contribution in [2.45, 2.75) is 13.5 Å². The number of aromatic nitrogens is 2. The number of hydrogen-bond acceptors (Lipinski definition) is 4. The summed E-state index contributed by atoms with van der Waals surface area (Å²) in [5, 5.41) is 15.3. The molecule has 1 aromatic carbocycles. The number of nitrogens with one attached hydrogen (secondary N) is 1. The fraction of sp³-hybridized carbons (Fsp3) is 0.143. The molecule has 0 saturated carbocycles. The summed E-state index contributed by atoms with van der Waals surface area (Å²) in [6, 6.07) is 9.94. The number of rotatable bonds is 3. The Morgan fingerprint density at radius 2 is 2.25 bits per heavy atom. The molecule has 0 aliphatic carbocycles. The Labute approximate surface area is 115 Å². The van der Waals surface area contributed by atoms with Gasteiger partial charge < -0.3 is 5.32 Å². The second-order valence-corrected chi connectivity index (χ2v) is 4.27. The molecule has 0 unspecified atom stereocenters. The minimum atomic E-state index is -0.376. The largest absolute Gasteiger partial charge is 0.324 e. The van der Waals surface area contributed by atoms with Crippen LogP contribution in [-0.4, -0.2) is 15.7 Å². The molecule has 6 heteroatoms. The highest BCUT2D eigenvalue weighted by Crippen LogP contribution is 2.09. The minimum Gasteiger partial charge on any atom is -0.324 e. The van der Waals surface area contributed by atoms with Crippen molar-refractivity contribution < 1.29 is 4.79 Å². The lowest BCUT2D eigenvalue weighted by Crippen LogP contribution is -2.29. The Balaban J connectivity index is 2.09. The molecule has 100 valence electrons. The minimum absolute atomic E-state index is 0.171. The van der Waals surface area contributed by atoms with Crippen LogP contribution in [0.4, 0.5) is 5.69 Å². The van der Waals surface area contributed by atoms with E-state index in [-0.39, 0.29) is 18.0 Å². The molecule has 1 amide bonds. The lowest BCUT2D eigenvalue weighted by Gasteiger charge is -2.06. The second-order valence-electron chi connectivity index (χ2n) is 4.27. The third kappa shape index (κ3) is 3.29. The van der Waals surface area contributed by atoms with E-state index in [2.05, 4.69) is 10.4 Å². The molecule has 1 N–H and O–H groups in total. The predicted octanol–water partition coefficient (Wildman–Crippen LogP) is 1.06. The molecular weight excluding hydrogens is 256 g/mol. The summed E-state index contributed by atoms with van der Waals surface area (Å²) < 4.78 is 1.08. The van der Waals surface area contributed by atoms with Crippen molar-refractivity contribution in [3.05, 3.63) is 58.0 Å². The molecule has 0 saturated heterocycles. The summed E-state index contributed by atoms with van der Waals surface area (Å²) in [5.74, 6) is -0.376. The van der Waals surface area contributed by atoms with E-state index in [0.29, 0.717) is 11.3 Å². The maximum Gasteiger partial charge on any atom is 0.267 e. The van der Waals surface area contributed by atoms with Crippen LogP contribution in [0.5, 0.6) is 0 Å². The van der Waals surface area contributed by atoms with Gasteiger partial charge in [0.25, 0.3) is 5.56 Å². The van der Waals surface area contributed by atoms with Crippen LogP contribution in [0.1, 0.15) is 11.1 Å². The third-order valence-corrected chi connectivity index (χ3v) is 2.58. The SMILES string of the molecule is Cc1cnn(CC(=O)Nc2cccc(C#N)c2)c(=O)c1. The predicted molar refractivity (Wildman–Crippen MR) is 73.0 cm³/mol. The van der Waals surface area contributed by atoms with Gasteiger partial charge in [-0.25, -0.2) is 4.68 Å². The third-order valence-electron chi connectivity index (χ3n) is 2.58. The zero-order valence-corrected chi connectivity index (χ0v) is 10.8. The van der Waals surface area contributed by atoms with Crippen molar-refractivity contribution >= 4 is 11.6 Å². The summed E-state index contributed by atoms with van der Waals surface area (Å²) in [6.07, 6.45) is 1.52. The molecule has 0 radical (unpaired) electrons. The van der Waals surface area contributed by atoms with Gasteiger partial charge in [-0.2, -0.15) is 10.4 Å². The van der Waals surface area contributed by atoms with E-state index >= 15 is 0 Å². The normalized spacial score (nSPS) is 9.80. The Kier molecular flexibility index (Phi) is 3.91. The molecule has 0 atom stereocenters. The Morgan fingerprint density at radius 3 is 2.95 bits per heavy atom. The van der Waals surface area contributed by atoms with Gasteiger partial charge in [0.2, 0.25) is 5.91 Å². The Morgan fingerprint density at radius 1 is 1.45 bits per heavy atom. The summed E-state index contributed by atoms with van der Waals surface area (Å²) in [7, 11) is 0. The van der Waals surface area contributed by atoms with Crippen LogP contribution in [0, 0.1) is 18.3 Å². The number of carbonyl (C=O) groups excluding carboxylic acids is 1. The van der Waals surface area contributed by atoms with Crippen LogP contribution in [0.2, 0.25) is 0 Å². The number of benzene rings is 1. The fourth-order valence-corrected chi connectivity index (χ4v) is 1.65. The Hall–Kier alpha value is -2.94. The lowest BCUT2D eigenvalue weighted by molar-refractivity contribution is -0.117. The van der Waals surface area contributed by atoms with Crippen LogP contribution in [0.3, 0.4) is 0 Å². The van der Waals surface area contributed by atoms with Crippen LogP contribution in [0.25, 0.3) is 0 Å². The van der Waals surface area contributed by atoms with Crippen LogP contribution < -0.4 is 10.9 Å². The maximum absolute atomic E-state index is 11.8. The standard InChI is InChI=1S/C14H12N4O2/c1-10-5-14(20)18(16-8-10)9-13(19)17-12-4-2-3-11(6-12)7-15/h2-6,8H,9H2,1H3,(H,17,19). The van der Waals surface area contributed by atoms with Crippen molar-refractivity contribution in [3.8, 4) is 6.07 Å². The van der Waals surface area contributed by atoms with Gasteiger partial charge in [0.05, 0.1) is 17.8 Å². The highest BCUT2D eigenvalue weighted by atomic mass is 16.2. The van der Waals surface area contributed by atoms with Gasteiger partial charge in [0.15, 0.2) is 0 Å². The number of hydrogen-bond donors (Lipinski definition) is 1. The molecule has 0 fully saturated rings. The number of carbonyl (C=O) groups is 1. The van der Waals surface area contributed by atoms with Crippen molar-refractivity contribution in [1.29, 1.82) is 5.26 Å². The first-order valence-corrected chi connectivity index (χ1v) is 5.92. The van der Waals surface area contributed by atoms with Gasteiger partial charge in [-0.15, -0.1) is 0 Å². The van der Waals surface area contributed by atoms with Gasteiger partial charge >= 0.3 is 0 Å². The zero-order valence-electron chi connectivity index (χ0n) is 10.8. The van der Waals surface area contributed by atoms with Gasteiger partial charge in [-0.3, -0.25) is 9.59 Å². The van der Waals surface area contributed by atoms with E-state index in [0.717, 1.165) is 10.2 Å². The van der Waals surface area contributed by atoms with E-state index in [1.54, 1.807) is 31.2 Å². The van der Waals surface area contributed by atoms with E-state index in [4.69, 9.17) is 5.26 Å². The molecule has 20 heavy (non-hydrogen) atoms. The molecular formula is C14H12N4O2. The number of amides is 1. The molecule has 1 aromatic heterocycles. The van der Waals surface area contributed by atoms with Gasteiger partial charge in [-0.1, -0.05) is 6.07 Å². The zero-order chi connectivity index (χ0) is 14.5. The van der Waals surface area contributed by atoms with E-state index in [1.165, 1.54) is 12.3 Å². The first kappa shape index (κ1) is 13.5. The van der Waals surface area contributed by atoms with Crippen molar-refractivity contribution in [3.63, 3.8) is 0 Å². The summed E-state index contributed by atoms with van der Waals surface area (Å²) in [5.41, 5.74) is 1.38. The summed E-state index contributed by atoms with van der Waals surface area (Å²) >= 11 is 0. The van der Waals surface area contributed by atoms with E-state index in [1.807, 2.05) is 6.07 Å². The molecule has 0 aliphatic rings. The van der Waals surface area contributed by atoms with E-state index < -0.39 is 0 Å². The average Bonchev–Trinajstić information content (AvgIpc) is 2.42. The first-order chi connectivity index (χ1) is 9.58. The monoisotopic (exact) mass is 268 g/mol. The van der Waals surface area contributed by atoms with Crippen molar-refractivity contribution in [2.75, 3.05) is 5.32 Å².